The molecule has 11 nitrogen and oxygen atoms in total. The van der Waals surface area contributed by atoms with Crippen molar-refractivity contribution in [2.45, 2.75) is 6.54 Å². The Morgan fingerprint density at radius 1 is 1.05 bits per heavy atom. The molecule has 0 radical (unpaired) electrons. The zero-order valence-corrected chi connectivity index (χ0v) is 23.1. The number of primary amides is 1. The van der Waals surface area contributed by atoms with E-state index in [-0.39, 0.29) is 44.2 Å². The SMILES string of the molecule is COc1cc(OC)c(Cl)c(-c2ccc(C(=O)O)c3nccnc23)c1F.NC(=O)c1ccc(CN2CCNCC2)cn1. The number of benzene rings is 2. The first-order chi connectivity index (χ1) is 19.7. The fourth-order valence-electron chi connectivity index (χ4n) is 4.34. The molecule has 1 fully saturated rings. The zero-order chi connectivity index (χ0) is 29.5. The van der Waals surface area contributed by atoms with E-state index in [2.05, 4.69) is 25.2 Å². The fraction of sp³-hybridized carbons (Fsp3) is 0.250. The van der Waals surface area contributed by atoms with Crippen molar-refractivity contribution in [3.05, 3.63) is 76.6 Å². The standard InChI is InChI=1S/C17H12ClFN2O4.C11H16N4O/c1-24-10-7-11(25-2)14(19)12(13(10)18)8-3-4-9(17(22)23)16-15(8)20-5-6-21-16;12-11(16)10-2-1-9(7-14-10)8-15-5-3-13-4-6-15/h3-7H,1-2H3,(H,22,23);1-2,7,13H,3-6,8H2,(H2,12,16). The highest BCUT2D eigenvalue weighted by Crippen LogP contribution is 2.43. The summed E-state index contributed by atoms with van der Waals surface area (Å²) in [6.07, 6.45) is 4.48. The number of piperazine rings is 1. The van der Waals surface area contributed by atoms with Crippen LogP contribution in [0.15, 0.2) is 48.9 Å². The number of carbonyl (C=O) groups excluding carboxylic acids is 1. The third kappa shape index (κ3) is 6.68. The third-order valence-electron chi connectivity index (χ3n) is 6.39. The lowest BCUT2D eigenvalue weighted by atomic mass is 9.99. The van der Waals surface area contributed by atoms with Crippen LogP contribution in [-0.2, 0) is 6.54 Å². The summed E-state index contributed by atoms with van der Waals surface area (Å²) in [6, 6.07) is 7.69. The molecule has 1 saturated heterocycles. The van der Waals surface area contributed by atoms with Gasteiger partial charge in [-0.1, -0.05) is 23.7 Å². The molecule has 5 rings (SSSR count). The van der Waals surface area contributed by atoms with Gasteiger partial charge >= 0.3 is 5.97 Å². The van der Waals surface area contributed by atoms with Gasteiger partial charge in [-0.2, -0.15) is 0 Å². The Morgan fingerprint density at radius 2 is 1.73 bits per heavy atom. The maximum absolute atomic E-state index is 14.9. The van der Waals surface area contributed by atoms with Crippen LogP contribution in [0, 0.1) is 5.82 Å². The average Bonchev–Trinajstić information content (AvgIpc) is 2.98. The molecule has 41 heavy (non-hydrogen) atoms. The van der Waals surface area contributed by atoms with Crippen molar-refractivity contribution in [3.63, 3.8) is 0 Å². The summed E-state index contributed by atoms with van der Waals surface area (Å²) in [4.78, 5) is 36.8. The number of amides is 1. The molecule has 0 unspecified atom stereocenters. The van der Waals surface area contributed by atoms with E-state index in [1.165, 1.54) is 44.8 Å². The van der Waals surface area contributed by atoms with E-state index in [1.807, 2.05) is 6.07 Å². The molecule has 4 aromatic rings. The Kier molecular flexibility index (Phi) is 9.61. The fourth-order valence-corrected chi connectivity index (χ4v) is 4.66. The number of rotatable bonds is 7. The van der Waals surface area contributed by atoms with Crippen LogP contribution in [0.5, 0.6) is 11.5 Å². The van der Waals surface area contributed by atoms with Crippen LogP contribution in [0.3, 0.4) is 0 Å². The predicted octanol–water partition coefficient (Wildman–Crippen LogP) is 3.39. The maximum atomic E-state index is 14.9. The Hall–Kier alpha value is -4.39. The highest BCUT2D eigenvalue weighted by molar-refractivity contribution is 6.35. The van der Waals surface area contributed by atoms with Crippen LogP contribution in [0.2, 0.25) is 5.02 Å². The van der Waals surface area contributed by atoms with E-state index in [1.54, 1.807) is 12.3 Å². The minimum Gasteiger partial charge on any atom is -0.495 e. The van der Waals surface area contributed by atoms with Crippen molar-refractivity contribution in [1.82, 2.24) is 25.2 Å². The van der Waals surface area contributed by atoms with E-state index < -0.39 is 17.7 Å². The van der Waals surface area contributed by atoms with Gasteiger partial charge < -0.3 is 25.6 Å². The lowest BCUT2D eigenvalue weighted by molar-refractivity contribution is 0.0698. The zero-order valence-electron chi connectivity index (χ0n) is 22.4. The van der Waals surface area contributed by atoms with Gasteiger partial charge in [0.2, 0.25) is 0 Å². The van der Waals surface area contributed by atoms with Crippen molar-refractivity contribution in [2.75, 3.05) is 40.4 Å². The molecule has 0 aliphatic carbocycles. The first-order valence-corrected chi connectivity index (χ1v) is 12.9. The lowest BCUT2D eigenvalue weighted by Gasteiger charge is -2.26. The van der Waals surface area contributed by atoms with E-state index in [0.717, 1.165) is 38.3 Å². The summed E-state index contributed by atoms with van der Waals surface area (Å²) in [7, 11) is 2.72. The molecule has 1 aliphatic rings. The quantitative estimate of drug-likeness (QED) is 0.295. The van der Waals surface area contributed by atoms with Gasteiger partial charge in [-0.3, -0.25) is 24.6 Å². The van der Waals surface area contributed by atoms with Crippen LogP contribution < -0.4 is 20.5 Å². The number of ether oxygens (including phenoxy) is 2. The number of aromatic nitrogens is 3. The molecular weight excluding hydrogens is 555 g/mol. The Bertz CT molecular complexity index is 1540. The smallest absolute Gasteiger partial charge is 0.337 e. The minimum atomic E-state index is -1.16. The van der Waals surface area contributed by atoms with Gasteiger partial charge in [0.25, 0.3) is 5.91 Å². The largest absolute Gasteiger partial charge is 0.495 e. The van der Waals surface area contributed by atoms with Gasteiger partial charge in [-0.15, -0.1) is 0 Å². The number of pyridine rings is 1. The van der Waals surface area contributed by atoms with Gasteiger partial charge in [0.05, 0.1) is 30.3 Å². The number of methoxy groups -OCH3 is 2. The monoisotopic (exact) mass is 582 g/mol. The molecule has 2 aromatic carbocycles. The molecule has 214 valence electrons. The van der Waals surface area contributed by atoms with Crippen LogP contribution in [0.1, 0.15) is 26.4 Å². The van der Waals surface area contributed by atoms with E-state index in [0.29, 0.717) is 5.69 Å². The summed E-state index contributed by atoms with van der Waals surface area (Å²) in [5, 5.41) is 12.6. The number of hydrogen-bond acceptors (Lipinski definition) is 9. The molecule has 1 amide bonds. The van der Waals surface area contributed by atoms with Gasteiger partial charge in [-0.25, -0.2) is 9.18 Å². The molecule has 0 bridgehead atoms. The lowest BCUT2D eigenvalue weighted by Crippen LogP contribution is -2.42. The highest BCUT2D eigenvalue weighted by atomic mass is 35.5. The van der Waals surface area contributed by atoms with Crippen LogP contribution in [0.25, 0.3) is 22.2 Å². The summed E-state index contributed by atoms with van der Waals surface area (Å²) >= 11 is 6.30. The summed E-state index contributed by atoms with van der Waals surface area (Å²) < 4.78 is 25.1. The molecular formula is C28H28ClFN6O5. The number of hydrogen-bond donors (Lipinski definition) is 3. The van der Waals surface area contributed by atoms with Crippen LogP contribution >= 0.6 is 11.6 Å². The number of carboxylic acid groups (broad SMARTS) is 1. The molecule has 0 atom stereocenters. The van der Waals surface area contributed by atoms with Gasteiger partial charge in [0.15, 0.2) is 11.6 Å². The second-order valence-electron chi connectivity index (χ2n) is 8.95. The molecule has 0 spiro atoms. The van der Waals surface area contributed by atoms with E-state index in [9.17, 15) is 19.1 Å². The molecule has 3 heterocycles. The summed E-state index contributed by atoms with van der Waals surface area (Å²) in [5.41, 5.74) is 7.15. The van der Waals surface area contributed by atoms with Crippen molar-refractivity contribution in [3.8, 4) is 22.6 Å². The van der Waals surface area contributed by atoms with Crippen molar-refractivity contribution < 1.29 is 28.6 Å². The first kappa shape index (κ1) is 29.6. The second kappa shape index (κ2) is 13.3. The van der Waals surface area contributed by atoms with E-state index in [4.69, 9.17) is 26.8 Å². The molecule has 0 saturated carbocycles. The number of nitrogens with zero attached hydrogens (tertiary/aromatic N) is 4. The summed E-state index contributed by atoms with van der Waals surface area (Å²) in [6.45, 7) is 5.06. The molecule has 1 aliphatic heterocycles. The Balaban J connectivity index is 0.000000208. The number of carbonyl (C=O) groups is 2. The Labute approximate surface area is 240 Å². The third-order valence-corrected chi connectivity index (χ3v) is 6.77. The Morgan fingerprint density at radius 3 is 2.32 bits per heavy atom. The predicted molar refractivity (Wildman–Crippen MR) is 151 cm³/mol. The van der Waals surface area contributed by atoms with Crippen molar-refractivity contribution in [1.29, 1.82) is 0 Å². The summed E-state index contributed by atoms with van der Waals surface area (Å²) in [5.74, 6) is -2.19. The van der Waals surface area contributed by atoms with Gasteiger partial charge in [0, 0.05) is 68.5 Å². The normalized spacial score (nSPS) is 13.3. The number of fused-ring (bicyclic) bond motifs is 1. The van der Waals surface area contributed by atoms with Crippen molar-refractivity contribution >= 4 is 34.5 Å². The molecule has 4 N–H and O–H groups in total. The van der Waals surface area contributed by atoms with Gasteiger partial charge in [0.1, 0.15) is 17.0 Å². The van der Waals surface area contributed by atoms with Crippen LogP contribution in [-0.4, -0.2) is 77.2 Å². The van der Waals surface area contributed by atoms with Crippen molar-refractivity contribution in [2.24, 2.45) is 5.73 Å². The first-order valence-electron chi connectivity index (χ1n) is 12.5. The number of carboxylic acids is 1. The van der Waals surface area contributed by atoms with Crippen LogP contribution in [0.4, 0.5) is 4.39 Å². The topological polar surface area (TPSA) is 153 Å². The highest BCUT2D eigenvalue weighted by Gasteiger charge is 2.24. The number of nitrogens with one attached hydrogen (secondary N) is 1. The maximum Gasteiger partial charge on any atom is 0.337 e. The number of halogens is 2. The van der Waals surface area contributed by atoms with E-state index >= 15 is 0 Å². The second-order valence-corrected chi connectivity index (χ2v) is 9.32. The number of nitrogens with two attached hydrogens (primary N) is 1. The van der Waals surface area contributed by atoms with Gasteiger partial charge in [-0.05, 0) is 17.7 Å². The average molecular weight is 583 g/mol. The molecule has 13 heteroatoms. The molecule has 2 aromatic heterocycles. The number of aromatic carboxylic acids is 1. The minimum absolute atomic E-state index is 0.000283.